The van der Waals surface area contributed by atoms with E-state index in [2.05, 4.69) is 6.92 Å². The fourth-order valence-electron chi connectivity index (χ4n) is 3.73. The first-order valence-electron chi connectivity index (χ1n) is 13.0. The third-order valence-corrected chi connectivity index (χ3v) is 6.42. The Balaban J connectivity index is 1.69. The molecule has 0 saturated heterocycles. The molecule has 0 amide bonds. The van der Waals surface area contributed by atoms with Crippen LogP contribution in [0, 0.1) is 16.7 Å². The summed E-state index contributed by atoms with van der Waals surface area (Å²) in [4.78, 5) is 12.2. The smallest absolute Gasteiger partial charge is 0.331 e. The molecule has 0 fully saturated rings. The van der Waals surface area contributed by atoms with Crippen LogP contribution in [0.15, 0.2) is 48.5 Å². The van der Waals surface area contributed by atoms with Gasteiger partial charge in [-0.15, -0.1) is 0 Å². The van der Waals surface area contributed by atoms with Crippen LogP contribution < -0.4 is 9.47 Å². The summed E-state index contributed by atoms with van der Waals surface area (Å²) in [5.41, 5.74) is 0.974. The molecule has 4 heteroatoms. The minimum atomic E-state index is -1.12. The first kappa shape index (κ1) is 27.4. The molecule has 2 rings (SSSR count). The SMILES string of the molecule is CCCCCCCCCCCCOc1ccc(-c2ccc(OC(=O)C(C)(C#N)CC)cc2)cc1. The van der Waals surface area contributed by atoms with Gasteiger partial charge < -0.3 is 9.47 Å². The van der Waals surface area contributed by atoms with Crippen LogP contribution >= 0.6 is 0 Å². The molecule has 4 nitrogen and oxygen atoms in total. The minimum absolute atomic E-state index is 0.411. The molecule has 0 aliphatic rings. The van der Waals surface area contributed by atoms with Crippen molar-refractivity contribution in [2.75, 3.05) is 6.61 Å². The quantitative estimate of drug-likeness (QED) is 0.142. The van der Waals surface area contributed by atoms with E-state index >= 15 is 0 Å². The second-order valence-electron chi connectivity index (χ2n) is 9.27. The Morgan fingerprint density at radius 3 is 1.71 bits per heavy atom. The molecule has 0 spiro atoms. The number of esters is 1. The van der Waals surface area contributed by atoms with Gasteiger partial charge in [0.05, 0.1) is 12.7 Å². The molecule has 0 N–H and O–H groups in total. The van der Waals surface area contributed by atoms with Gasteiger partial charge in [0.2, 0.25) is 0 Å². The minimum Gasteiger partial charge on any atom is -0.494 e. The molecule has 1 atom stereocenters. The van der Waals surface area contributed by atoms with Crippen molar-refractivity contribution in [3.63, 3.8) is 0 Å². The van der Waals surface area contributed by atoms with E-state index in [4.69, 9.17) is 9.47 Å². The summed E-state index contributed by atoms with van der Waals surface area (Å²) in [7, 11) is 0. The zero-order chi connectivity index (χ0) is 24.7. The second-order valence-corrected chi connectivity index (χ2v) is 9.27. The molecule has 2 aromatic carbocycles. The van der Waals surface area contributed by atoms with Crippen LogP contribution in [0.3, 0.4) is 0 Å². The Hall–Kier alpha value is -2.80. The van der Waals surface area contributed by atoms with E-state index in [0.29, 0.717) is 12.2 Å². The Morgan fingerprint density at radius 2 is 1.24 bits per heavy atom. The largest absolute Gasteiger partial charge is 0.494 e. The number of nitrogens with zero attached hydrogens (tertiary/aromatic N) is 1. The summed E-state index contributed by atoms with van der Waals surface area (Å²) < 4.78 is 11.3. The van der Waals surface area contributed by atoms with Crippen molar-refractivity contribution < 1.29 is 14.3 Å². The molecule has 2 aromatic rings. The van der Waals surface area contributed by atoms with Crippen LogP contribution in [0.2, 0.25) is 0 Å². The third kappa shape index (κ3) is 9.21. The van der Waals surface area contributed by atoms with Gasteiger partial charge in [0, 0.05) is 0 Å². The number of hydrogen-bond donors (Lipinski definition) is 0. The highest BCUT2D eigenvalue weighted by Crippen LogP contribution is 2.27. The van der Waals surface area contributed by atoms with Crippen molar-refractivity contribution >= 4 is 5.97 Å². The molecule has 0 radical (unpaired) electrons. The van der Waals surface area contributed by atoms with E-state index < -0.39 is 11.4 Å². The summed E-state index contributed by atoms with van der Waals surface area (Å²) in [5, 5.41) is 9.23. The lowest BCUT2D eigenvalue weighted by atomic mass is 9.90. The molecule has 1 unspecified atom stereocenters. The molecular formula is C30H41NO3. The second kappa shape index (κ2) is 15.2. The van der Waals surface area contributed by atoms with Gasteiger partial charge >= 0.3 is 5.97 Å². The number of benzene rings is 2. The third-order valence-electron chi connectivity index (χ3n) is 6.42. The fourth-order valence-corrected chi connectivity index (χ4v) is 3.73. The molecule has 0 aromatic heterocycles. The average Bonchev–Trinajstić information content (AvgIpc) is 2.87. The summed E-state index contributed by atoms with van der Waals surface area (Å²) in [6.07, 6.45) is 13.6. The van der Waals surface area contributed by atoms with Gasteiger partial charge in [0.25, 0.3) is 0 Å². The highest BCUT2D eigenvalue weighted by molar-refractivity contribution is 5.81. The Kier molecular flexibility index (Phi) is 12.2. The van der Waals surface area contributed by atoms with Crippen molar-refractivity contribution in [3.05, 3.63) is 48.5 Å². The molecule has 184 valence electrons. The van der Waals surface area contributed by atoms with E-state index in [1.54, 1.807) is 26.0 Å². The molecule has 0 saturated carbocycles. The average molecular weight is 464 g/mol. The highest BCUT2D eigenvalue weighted by atomic mass is 16.5. The molecular weight excluding hydrogens is 422 g/mol. The summed E-state index contributed by atoms with van der Waals surface area (Å²) in [6, 6.07) is 17.5. The van der Waals surface area contributed by atoms with Gasteiger partial charge in [-0.25, -0.2) is 4.79 Å². The van der Waals surface area contributed by atoms with E-state index in [9.17, 15) is 10.1 Å². The van der Waals surface area contributed by atoms with Gasteiger partial charge in [0.1, 0.15) is 11.5 Å². The summed E-state index contributed by atoms with van der Waals surface area (Å²) >= 11 is 0. The maximum Gasteiger partial charge on any atom is 0.331 e. The highest BCUT2D eigenvalue weighted by Gasteiger charge is 2.33. The molecule has 0 bridgehead atoms. The van der Waals surface area contributed by atoms with Crippen molar-refractivity contribution in [2.45, 2.75) is 91.4 Å². The number of ether oxygens (including phenoxy) is 2. The van der Waals surface area contributed by atoms with Crippen molar-refractivity contribution in [2.24, 2.45) is 5.41 Å². The lowest BCUT2D eigenvalue weighted by molar-refractivity contribution is -0.141. The summed E-state index contributed by atoms with van der Waals surface area (Å²) in [5.74, 6) is 0.815. The monoisotopic (exact) mass is 463 g/mol. The van der Waals surface area contributed by atoms with Gasteiger partial charge in [-0.1, -0.05) is 95.9 Å². The lowest BCUT2D eigenvalue weighted by Gasteiger charge is -2.17. The lowest BCUT2D eigenvalue weighted by Crippen LogP contribution is -2.29. The van der Waals surface area contributed by atoms with Crippen molar-refractivity contribution in [3.8, 4) is 28.7 Å². The number of rotatable bonds is 16. The van der Waals surface area contributed by atoms with Crippen LogP contribution in [0.25, 0.3) is 11.1 Å². The molecule has 34 heavy (non-hydrogen) atoms. The van der Waals surface area contributed by atoms with Crippen LogP contribution in [0.4, 0.5) is 0 Å². The standard InChI is InChI=1S/C30H41NO3/c1-4-6-7-8-9-10-11-12-13-14-23-33-27-19-15-25(16-20-27)26-17-21-28(22-18-26)34-29(32)30(3,5-2)24-31/h15-22H,4-14,23H2,1-3H3. The van der Waals surface area contributed by atoms with Crippen LogP contribution in [0.1, 0.15) is 91.4 Å². The van der Waals surface area contributed by atoms with Gasteiger partial charge in [-0.05, 0) is 55.2 Å². The topological polar surface area (TPSA) is 59.3 Å². The number of nitriles is 1. The van der Waals surface area contributed by atoms with Crippen molar-refractivity contribution in [1.82, 2.24) is 0 Å². The Bertz CT molecular complexity index is 883. The van der Waals surface area contributed by atoms with Crippen molar-refractivity contribution in [1.29, 1.82) is 5.26 Å². The zero-order valence-electron chi connectivity index (χ0n) is 21.3. The molecule has 0 aliphatic heterocycles. The molecule has 0 heterocycles. The number of unbranched alkanes of at least 4 members (excludes halogenated alkanes) is 9. The van der Waals surface area contributed by atoms with Gasteiger partial charge in [0.15, 0.2) is 5.41 Å². The zero-order valence-corrected chi connectivity index (χ0v) is 21.3. The first-order chi connectivity index (χ1) is 16.5. The normalized spacial score (nSPS) is 12.5. The Morgan fingerprint density at radius 1 is 0.765 bits per heavy atom. The number of carbonyl (C=O) groups is 1. The fraction of sp³-hybridized carbons (Fsp3) is 0.533. The molecule has 0 aliphatic carbocycles. The van der Waals surface area contributed by atoms with E-state index in [1.807, 2.05) is 42.5 Å². The van der Waals surface area contributed by atoms with E-state index in [-0.39, 0.29) is 0 Å². The summed E-state index contributed by atoms with van der Waals surface area (Å²) in [6.45, 7) is 6.43. The maximum absolute atomic E-state index is 12.2. The van der Waals surface area contributed by atoms with E-state index in [0.717, 1.165) is 29.9 Å². The van der Waals surface area contributed by atoms with E-state index in [1.165, 1.54) is 57.8 Å². The van der Waals surface area contributed by atoms with Gasteiger partial charge in [-0.3, -0.25) is 0 Å². The Labute approximate surface area is 206 Å². The van der Waals surface area contributed by atoms with Crippen LogP contribution in [0.5, 0.6) is 11.5 Å². The number of carbonyl (C=O) groups excluding carboxylic acids is 1. The first-order valence-corrected chi connectivity index (χ1v) is 13.0. The van der Waals surface area contributed by atoms with Crippen LogP contribution in [-0.2, 0) is 4.79 Å². The van der Waals surface area contributed by atoms with Crippen LogP contribution in [-0.4, -0.2) is 12.6 Å². The number of hydrogen-bond acceptors (Lipinski definition) is 4. The maximum atomic E-state index is 12.2. The van der Waals surface area contributed by atoms with Gasteiger partial charge in [-0.2, -0.15) is 5.26 Å². The predicted molar refractivity (Wildman–Crippen MR) is 139 cm³/mol. The predicted octanol–water partition coefficient (Wildman–Crippen LogP) is 8.50.